The first kappa shape index (κ1) is 19.5. The van der Waals surface area contributed by atoms with Gasteiger partial charge in [0.25, 0.3) is 0 Å². The number of hydrogen-bond donors (Lipinski definition) is 0. The molecule has 0 amide bonds. The topological polar surface area (TPSA) is 57.1 Å². The van der Waals surface area contributed by atoms with Gasteiger partial charge >= 0.3 is 0 Å². The van der Waals surface area contributed by atoms with Gasteiger partial charge in [0, 0.05) is 17.8 Å². The summed E-state index contributed by atoms with van der Waals surface area (Å²) >= 11 is 0. The van der Waals surface area contributed by atoms with Crippen molar-refractivity contribution >= 4 is 11.5 Å². The maximum Gasteiger partial charge on any atom is 0.231 e. The van der Waals surface area contributed by atoms with Crippen molar-refractivity contribution in [2.24, 2.45) is 4.99 Å². The summed E-state index contributed by atoms with van der Waals surface area (Å²) in [6, 6.07) is 11.9. The normalized spacial score (nSPS) is 16.1. The van der Waals surface area contributed by atoms with Gasteiger partial charge in [0.15, 0.2) is 23.4 Å². The molecule has 2 aromatic carbocycles. The highest BCUT2D eigenvalue weighted by molar-refractivity contribution is 6.13. The Morgan fingerprint density at radius 3 is 2.52 bits per heavy atom. The highest BCUT2D eigenvalue weighted by atomic mass is 16.7. The van der Waals surface area contributed by atoms with Crippen LogP contribution >= 0.6 is 0 Å². The molecule has 0 spiro atoms. The van der Waals surface area contributed by atoms with Gasteiger partial charge in [0.1, 0.15) is 5.75 Å². The third-order valence-electron chi connectivity index (χ3n) is 5.42. The molecule has 152 valence electrons. The van der Waals surface area contributed by atoms with Crippen LogP contribution in [-0.4, -0.2) is 30.9 Å². The molecule has 4 rings (SSSR count). The number of benzene rings is 2. The number of hydrogen-bond acceptors (Lipinski definition) is 5. The van der Waals surface area contributed by atoms with E-state index in [2.05, 4.69) is 37.9 Å². The van der Waals surface area contributed by atoms with Crippen LogP contribution < -0.4 is 14.2 Å². The zero-order valence-corrected chi connectivity index (χ0v) is 17.5. The van der Waals surface area contributed by atoms with Crippen molar-refractivity contribution in [1.29, 1.82) is 0 Å². The third-order valence-corrected chi connectivity index (χ3v) is 5.42. The molecule has 0 fully saturated rings. The first-order valence-corrected chi connectivity index (χ1v) is 10.1. The lowest BCUT2D eigenvalue weighted by Crippen LogP contribution is -2.27. The number of carbonyl (C=O) groups excluding carboxylic acids is 1. The summed E-state index contributed by atoms with van der Waals surface area (Å²) in [5, 5.41) is 0. The molecule has 2 heterocycles. The van der Waals surface area contributed by atoms with Gasteiger partial charge in [0.05, 0.1) is 6.42 Å². The molecule has 29 heavy (non-hydrogen) atoms. The fourth-order valence-corrected chi connectivity index (χ4v) is 3.62. The quantitative estimate of drug-likeness (QED) is 0.751. The molecule has 0 unspecified atom stereocenters. The van der Waals surface area contributed by atoms with Crippen LogP contribution in [0, 0.1) is 0 Å². The fourth-order valence-electron chi connectivity index (χ4n) is 3.62. The predicted molar refractivity (Wildman–Crippen MR) is 113 cm³/mol. The zero-order valence-electron chi connectivity index (χ0n) is 17.5. The van der Waals surface area contributed by atoms with Crippen molar-refractivity contribution in [1.82, 2.24) is 0 Å². The molecule has 2 aliphatic rings. The minimum Gasteiger partial charge on any atom is -0.483 e. The van der Waals surface area contributed by atoms with Crippen molar-refractivity contribution < 1.29 is 19.0 Å². The smallest absolute Gasteiger partial charge is 0.231 e. The lowest BCUT2D eigenvalue weighted by atomic mass is 9.87. The van der Waals surface area contributed by atoms with E-state index in [1.807, 2.05) is 24.3 Å². The van der Waals surface area contributed by atoms with E-state index < -0.39 is 6.10 Å². The van der Waals surface area contributed by atoms with Gasteiger partial charge in [0.2, 0.25) is 6.79 Å². The second kappa shape index (κ2) is 7.54. The Balaban J connectivity index is 1.44. The van der Waals surface area contributed by atoms with Gasteiger partial charge in [-0.05, 0) is 54.2 Å². The molecule has 5 nitrogen and oxygen atoms in total. The molecule has 2 aliphatic heterocycles. The number of ether oxygens (including phenoxy) is 3. The Hall–Kier alpha value is -2.82. The van der Waals surface area contributed by atoms with E-state index >= 15 is 0 Å². The number of fused-ring (bicyclic) bond motifs is 2. The predicted octanol–water partition coefficient (Wildman–Crippen LogP) is 4.48. The van der Waals surface area contributed by atoms with Crippen molar-refractivity contribution in [2.75, 3.05) is 13.3 Å². The maximum absolute atomic E-state index is 12.8. The standard InChI is InChI=1S/C24H27NO4/c1-15(29-18-7-5-17(6-8-18)24(2,3)4)21(26)13-20-19-12-23-22(27-14-28-23)11-16(19)9-10-25-20/h5-8,11-12,15H,9-10,13-14H2,1-4H3/t15-/m1/s1. The molecule has 2 aromatic rings. The van der Waals surface area contributed by atoms with Crippen LogP contribution in [0.4, 0.5) is 0 Å². The van der Waals surface area contributed by atoms with Gasteiger partial charge in [-0.1, -0.05) is 32.9 Å². The number of rotatable bonds is 5. The number of ketones is 1. The van der Waals surface area contributed by atoms with Crippen LogP contribution in [0.3, 0.4) is 0 Å². The Labute approximate surface area is 171 Å². The van der Waals surface area contributed by atoms with E-state index in [0.29, 0.717) is 18.0 Å². The molecule has 0 saturated heterocycles. The van der Waals surface area contributed by atoms with Gasteiger partial charge in [-0.25, -0.2) is 0 Å². The lowest BCUT2D eigenvalue weighted by Gasteiger charge is -2.21. The molecule has 0 radical (unpaired) electrons. The Bertz CT molecular complexity index is 954. The number of nitrogens with zero attached hydrogens (tertiary/aromatic N) is 1. The third kappa shape index (κ3) is 4.14. The van der Waals surface area contributed by atoms with E-state index in [1.165, 1.54) is 5.56 Å². The van der Waals surface area contributed by atoms with E-state index in [9.17, 15) is 4.79 Å². The van der Waals surface area contributed by atoms with E-state index in [4.69, 9.17) is 14.2 Å². The molecule has 0 aromatic heterocycles. The largest absolute Gasteiger partial charge is 0.483 e. The summed E-state index contributed by atoms with van der Waals surface area (Å²) in [5.41, 5.74) is 4.25. The van der Waals surface area contributed by atoms with Crippen molar-refractivity contribution in [3.8, 4) is 17.2 Å². The highest BCUT2D eigenvalue weighted by Crippen LogP contribution is 2.36. The first-order valence-electron chi connectivity index (χ1n) is 10.1. The monoisotopic (exact) mass is 393 g/mol. The average molecular weight is 393 g/mol. The Morgan fingerprint density at radius 2 is 1.83 bits per heavy atom. The van der Waals surface area contributed by atoms with E-state index in [1.54, 1.807) is 6.92 Å². The summed E-state index contributed by atoms with van der Waals surface area (Å²) in [6.45, 7) is 9.23. The maximum atomic E-state index is 12.8. The van der Waals surface area contributed by atoms with Crippen molar-refractivity contribution in [2.45, 2.75) is 52.1 Å². The molecule has 0 aliphatic carbocycles. The summed E-state index contributed by atoms with van der Waals surface area (Å²) in [7, 11) is 0. The van der Waals surface area contributed by atoms with Crippen LogP contribution in [0.1, 0.15) is 50.8 Å². The zero-order chi connectivity index (χ0) is 20.6. The van der Waals surface area contributed by atoms with Crippen LogP contribution in [0.25, 0.3) is 0 Å². The van der Waals surface area contributed by atoms with Gasteiger partial charge in [-0.3, -0.25) is 9.79 Å². The highest BCUT2D eigenvalue weighted by Gasteiger charge is 2.25. The molecule has 1 atom stereocenters. The molecule has 5 heteroatoms. The molecular weight excluding hydrogens is 366 g/mol. The van der Waals surface area contributed by atoms with Gasteiger partial charge in [-0.15, -0.1) is 0 Å². The second-order valence-corrected chi connectivity index (χ2v) is 8.62. The minimum absolute atomic E-state index is 0.00849. The summed E-state index contributed by atoms with van der Waals surface area (Å²) in [6.07, 6.45) is 0.543. The van der Waals surface area contributed by atoms with Crippen molar-refractivity contribution in [3.05, 3.63) is 53.1 Å². The fraction of sp³-hybridized carbons (Fsp3) is 0.417. The van der Waals surface area contributed by atoms with Crippen LogP contribution in [0.15, 0.2) is 41.4 Å². The van der Waals surface area contributed by atoms with E-state index in [-0.39, 0.29) is 24.4 Å². The van der Waals surface area contributed by atoms with Crippen LogP contribution in [0.2, 0.25) is 0 Å². The first-order chi connectivity index (χ1) is 13.8. The number of Topliss-reactive ketones (excluding diaryl/α,β-unsaturated/α-hetero) is 1. The van der Waals surface area contributed by atoms with Gasteiger partial charge < -0.3 is 14.2 Å². The van der Waals surface area contributed by atoms with Crippen molar-refractivity contribution in [3.63, 3.8) is 0 Å². The molecule has 0 N–H and O–H groups in total. The Kier molecular flexibility index (Phi) is 5.07. The SMILES string of the molecule is C[C@@H](Oc1ccc(C(C)(C)C)cc1)C(=O)CC1=NCCc2cc3c(cc21)OCO3. The molecule has 0 bridgehead atoms. The summed E-state index contributed by atoms with van der Waals surface area (Å²) in [5.74, 6) is 2.20. The lowest BCUT2D eigenvalue weighted by molar-refractivity contribution is -0.123. The summed E-state index contributed by atoms with van der Waals surface area (Å²) < 4.78 is 16.9. The second-order valence-electron chi connectivity index (χ2n) is 8.62. The molecular formula is C24H27NO4. The number of carbonyl (C=O) groups is 1. The average Bonchev–Trinajstić information content (AvgIpc) is 3.13. The number of aliphatic imine (C=N–C) groups is 1. The minimum atomic E-state index is -0.544. The van der Waals surface area contributed by atoms with Crippen LogP contribution in [0.5, 0.6) is 17.2 Å². The summed E-state index contributed by atoms with van der Waals surface area (Å²) in [4.78, 5) is 17.4. The molecule has 0 saturated carbocycles. The Morgan fingerprint density at radius 1 is 1.14 bits per heavy atom. The van der Waals surface area contributed by atoms with E-state index in [0.717, 1.165) is 29.0 Å². The van der Waals surface area contributed by atoms with Crippen LogP contribution in [-0.2, 0) is 16.6 Å². The van der Waals surface area contributed by atoms with Gasteiger partial charge in [-0.2, -0.15) is 0 Å².